The molecule has 1 saturated heterocycles. The van der Waals surface area contributed by atoms with Crippen molar-refractivity contribution in [2.45, 2.75) is 30.7 Å². The number of benzene rings is 4. The predicted octanol–water partition coefficient (Wildman–Crippen LogP) is 5.83. The Balaban J connectivity index is 1.54. The van der Waals surface area contributed by atoms with Gasteiger partial charge in [0.25, 0.3) is 0 Å². The highest BCUT2D eigenvalue weighted by Gasteiger charge is 2.44. The molecule has 154 valence electrons. The van der Waals surface area contributed by atoms with Gasteiger partial charge in [-0.1, -0.05) is 97.1 Å². The molecule has 1 aliphatic rings. The second kappa shape index (κ2) is 8.10. The number of carbonyl (C=O) groups is 1. The van der Waals surface area contributed by atoms with Gasteiger partial charge in [0.1, 0.15) is 6.10 Å². The average Bonchev–Trinajstić information content (AvgIpc) is 2.84. The molecule has 3 nitrogen and oxygen atoms in total. The molecule has 1 fully saturated rings. The van der Waals surface area contributed by atoms with E-state index in [1.807, 2.05) is 66.7 Å². The van der Waals surface area contributed by atoms with Crippen molar-refractivity contribution in [1.29, 1.82) is 0 Å². The maximum Gasteiger partial charge on any atom is 0.191 e. The van der Waals surface area contributed by atoms with Crippen LogP contribution in [0.3, 0.4) is 0 Å². The van der Waals surface area contributed by atoms with E-state index in [1.165, 1.54) is 0 Å². The minimum atomic E-state index is -1.15. The monoisotopic (exact) mass is 408 g/mol. The van der Waals surface area contributed by atoms with Crippen molar-refractivity contribution < 1.29 is 14.6 Å². The first-order chi connectivity index (χ1) is 15.1. The van der Waals surface area contributed by atoms with Crippen molar-refractivity contribution >= 4 is 16.6 Å². The molecule has 5 rings (SSSR count). The first kappa shape index (κ1) is 19.7. The lowest BCUT2D eigenvalue weighted by molar-refractivity contribution is -0.135. The number of fused-ring (bicyclic) bond motifs is 1. The summed E-state index contributed by atoms with van der Waals surface area (Å²) in [4.78, 5) is 13.3. The number of Topliss-reactive ketones (excluding diaryl/α,β-unsaturated/α-hetero) is 1. The van der Waals surface area contributed by atoms with Gasteiger partial charge in [0.05, 0.1) is 11.7 Å². The topological polar surface area (TPSA) is 46.5 Å². The minimum absolute atomic E-state index is 0.0968. The van der Waals surface area contributed by atoms with Crippen LogP contribution in [0.4, 0.5) is 0 Å². The molecule has 0 bridgehead atoms. The first-order valence-electron chi connectivity index (χ1n) is 10.6. The SMILES string of the molecule is O=C(c1ccccc1)[C@@H]1C[C@](O)(c2ccccc2)C[C@H](c2ccc3ccccc3c2)O1. The zero-order chi connectivity index (χ0) is 21.3. The molecule has 0 amide bonds. The fraction of sp³-hybridized carbons (Fsp3) is 0.179. The average molecular weight is 408 g/mol. The molecule has 0 spiro atoms. The Morgan fingerprint density at radius 1 is 0.774 bits per heavy atom. The van der Waals surface area contributed by atoms with Gasteiger partial charge in [-0.25, -0.2) is 0 Å². The highest BCUT2D eigenvalue weighted by molar-refractivity contribution is 5.99. The largest absolute Gasteiger partial charge is 0.385 e. The molecule has 3 atom stereocenters. The molecular weight excluding hydrogens is 384 g/mol. The van der Waals surface area contributed by atoms with Crippen molar-refractivity contribution in [2.24, 2.45) is 0 Å². The number of hydrogen-bond donors (Lipinski definition) is 1. The highest BCUT2D eigenvalue weighted by Crippen LogP contribution is 2.44. The third kappa shape index (κ3) is 3.90. The number of rotatable bonds is 4. The number of ether oxygens (including phenoxy) is 1. The van der Waals surface area contributed by atoms with Crippen LogP contribution >= 0.6 is 0 Å². The van der Waals surface area contributed by atoms with Gasteiger partial charge in [-0.05, 0) is 28.0 Å². The Hall–Kier alpha value is -3.27. The summed E-state index contributed by atoms with van der Waals surface area (Å²) in [5.41, 5.74) is 1.24. The molecule has 4 aromatic carbocycles. The highest BCUT2D eigenvalue weighted by atomic mass is 16.5. The predicted molar refractivity (Wildman–Crippen MR) is 122 cm³/mol. The van der Waals surface area contributed by atoms with E-state index in [0.29, 0.717) is 12.0 Å². The fourth-order valence-corrected chi connectivity index (χ4v) is 4.52. The van der Waals surface area contributed by atoms with Gasteiger partial charge < -0.3 is 9.84 Å². The number of ketones is 1. The number of aliphatic hydroxyl groups is 1. The van der Waals surface area contributed by atoms with Gasteiger partial charge in [-0.2, -0.15) is 0 Å². The quantitative estimate of drug-likeness (QED) is 0.432. The van der Waals surface area contributed by atoms with Crippen molar-refractivity contribution in [3.05, 3.63) is 120 Å². The van der Waals surface area contributed by atoms with Crippen molar-refractivity contribution in [1.82, 2.24) is 0 Å². The Bertz CT molecular complexity index is 1200. The molecule has 1 aliphatic heterocycles. The van der Waals surface area contributed by atoms with Crippen LogP contribution in [0.25, 0.3) is 10.8 Å². The summed E-state index contributed by atoms with van der Waals surface area (Å²) in [6.45, 7) is 0. The van der Waals surface area contributed by atoms with Crippen LogP contribution in [-0.4, -0.2) is 17.0 Å². The van der Waals surface area contributed by atoms with Crippen LogP contribution in [0.1, 0.15) is 40.4 Å². The zero-order valence-electron chi connectivity index (χ0n) is 17.1. The first-order valence-corrected chi connectivity index (χ1v) is 10.6. The van der Waals surface area contributed by atoms with E-state index in [9.17, 15) is 9.90 Å². The number of carbonyl (C=O) groups excluding carboxylic acids is 1. The summed E-state index contributed by atoms with van der Waals surface area (Å²) in [6, 6.07) is 33.2. The molecule has 31 heavy (non-hydrogen) atoms. The summed E-state index contributed by atoms with van der Waals surface area (Å²) in [5.74, 6) is -0.0968. The fourth-order valence-electron chi connectivity index (χ4n) is 4.52. The van der Waals surface area contributed by atoms with Gasteiger partial charge in [0.2, 0.25) is 0 Å². The van der Waals surface area contributed by atoms with Crippen molar-refractivity contribution in [2.75, 3.05) is 0 Å². The van der Waals surface area contributed by atoms with E-state index >= 15 is 0 Å². The maximum absolute atomic E-state index is 13.3. The van der Waals surface area contributed by atoms with Crippen LogP contribution in [0.2, 0.25) is 0 Å². The Morgan fingerprint density at radius 3 is 2.16 bits per heavy atom. The van der Waals surface area contributed by atoms with Gasteiger partial charge in [0.15, 0.2) is 5.78 Å². The molecule has 3 heteroatoms. The lowest BCUT2D eigenvalue weighted by Gasteiger charge is -2.41. The lowest BCUT2D eigenvalue weighted by atomic mass is 9.78. The van der Waals surface area contributed by atoms with Gasteiger partial charge in [0, 0.05) is 18.4 Å². The van der Waals surface area contributed by atoms with Gasteiger partial charge in [-0.3, -0.25) is 4.79 Å². The van der Waals surface area contributed by atoms with E-state index in [4.69, 9.17) is 4.74 Å². The Morgan fingerprint density at radius 2 is 1.42 bits per heavy atom. The lowest BCUT2D eigenvalue weighted by Crippen LogP contribution is -2.43. The van der Waals surface area contributed by atoms with Crippen molar-refractivity contribution in [3.63, 3.8) is 0 Å². The molecule has 1 N–H and O–H groups in total. The summed E-state index contributed by atoms with van der Waals surface area (Å²) >= 11 is 0. The van der Waals surface area contributed by atoms with Crippen LogP contribution in [0.5, 0.6) is 0 Å². The zero-order valence-corrected chi connectivity index (χ0v) is 17.1. The summed E-state index contributed by atoms with van der Waals surface area (Å²) in [7, 11) is 0. The molecule has 0 aliphatic carbocycles. The van der Waals surface area contributed by atoms with Crippen molar-refractivity contribution in [3.8, 4) is 0 Å². The van der Waals surface area contributed by atoms with Crippen LogP contribution in [-0.2, 0) is 10.3 Å². The van der Waals surface area contributed by atoms with Gasteiger partial charge in [-0.15, -0.1) is 0 Å². The molecule has 0 unspecified atom stereocenters. The minimum Gasteiger partial charge on any atom is -0.385 e. The van der Waals surface area contributed by atoms with E-state index in [0.717, 1.165) is 21.9 Å². The van der Waals surface area contributed by atoms with E-state index in [2.05, 4.69) is 24.3 Å². The van der Waals surface area contributed by atoms with Crippen LogP contribution in [0.15, 0.2) is 103 Å². The third-order valence-corrected chi connectivity index (χ3v) is 6.18. The molecule has 0 radical (unpaired) electrons. The molecular formula is C28H24O3. The summed E-state index contributed by atoms with van der Waals surface area (Å²) < 4.78 is 6.35. The standard InChI is InChI=1S/C28H24O3/c29-27(21-10-3-1-4-11-21)26-19-28(30,24-13-5-2-6-14-24)18-25(31-26)23-16-15-20-9-7-8-12-22(20)17-23/h1-17,25-26,30H,18-19H2/t25-,26+,28+/m1/s1. The second-order valence-electron chi connectivity index (χ2n) is 8.26. The third-order valence-electron chi connectivity index (χ3n) is 6.18. The maximum atomic E-state index is 13.3. The second-order valence-corrected chi connectivity index (χ2v) is 8.26. The van der Waals surface area contributed by atoms with Crippen LogP contribution < -0.4 is 0 Å². The van der Waals surface area contributed by atoms with E-state index in [1.54, 1.807) is 12.1 Å². The molecule has 0 saturated carbocycles. The van der Waals surface area contributed by atoms with E-state index in [-0.39, 0.29) is 18.3 Å². The van der Waals surface area contributed by atoms with Gasteiger partial charge >= 0.3 is 0 Å². The Kier molecular flexibility index (Phi) is 5.14. The summed E-state index contributed by atoms with van der Waals surface area (Å²) in [5, 5.41) is 14.0. The normalized spacial score (nSPS) is 23.5. The molecule has 4 aromatic rings. The smallest absolute Gasteiger partial charge is 0.191 e. The molecule has 0 aromatic heterocycles. The summed E-state index contributed by atoms with van der Waals surface area (Å²) in [6.07, 6.45) is -0.484. The Labute approximate surface area is 181 Å². The van der Waals surface area contributed by atoms with E-state index < -0.39 is 11.7 Å². The van der Waals surface area contributed by atoms with Crippen LogP contribution in [0, 0.1) is 0 Å². The molecule has 1 heterocycles. The number of hydrogen-bond acceptors (Lipinski definition) is 3.